The molecule has 0 fully saturated rings. The number of nitrogens with one attached hydrogen (secondary N) is 1. The number of phenols is 1. The third-order valence-electron chi connectivity index (χ3n) is 5.93. The lowest BCUT2D eigenvalue weighted by Crippen LogP contribution is -2.33. The minimum Gasteiger partial charge on any atom is -0.504 e. The monoisotopic (exact) mass is 508 g/mol. The standard InChI is InChI=1S/C27H29BrN2O3/c1-4-17-9-11-18(12-10-17)22-16-23(20-7-6-8-25(26(20)31)33-5-2)30-27(29-22)21-15-19(28)13-14-24(21)32-3/h6-15,23,27,30-31H,4-5,16H2,1-3H3/t23-,27-/m1/s1. The molecule has 2 N–H and O–H groups in total. The largest absolute Gasteiger partial charge is 0.504 e. The number of benzene rings is 3. The Hall–Kier alpha value is -2.83. The van der Waals surface area contributed by atoms with Gasteiger partial charge in [-0.25, -0.2) is 0 Å². The second-order valence-corrected chi connectivity index (χ2v) is 8.88. The molecule has 2 atom stereocenters. The van der Waals surface area contributed by atoms with Crippen molar-refractivity contribution in [3.05, 3.63) is 87.4 Å². The fourth-order valence-corrected chi connectivity index (χ4v) is 4.56. The van der Waals surface area contributed by atoms with E-state index in [0.29, 0.717) is 18.8 Å². The number of aliphatic imine (C=N–C) groups is 1. The number of rotatable bonds is 7. The van der Waals surface area contributed by atoms with Gasteiger partial charge in [0.15, 0.2) is 11.5 Å². The summed E-state index contributed by atoms with van der Waals surface area (Å²) in [4.78, 5) is 5.08. The van der Waals surface area contributed by atoms with Gasteiger partial charge in [-0.05, 0) is 48.7 Å². The summed E-state index contributed by atoms with van der Waals surface area (Å²) >= 11 is 3.58. The number of hydrogen-bond donors (Lipinski definition) is 2. The van der Waals surface area contributed by atoms with Gasteiger partial charge >= 0.3 is 0 Å². The molecule has 0 spiro atoms. The van der Waals surface area contributed by atoms with Gasteiger partial charge in [0, 0.05) is 33.8 Å². The molecule has 6 heteroatoms. The zero-order valence-corrected chi connectivity index (χ0v) is 20.7. The van der Waals surface area contributed by atoms with Gasteiger partial charge in [-0.3, -0.25) is 10.3 Å². The van der Waals surface area contributed by atoms with Gasteiger partial charge in [0.2, 0.25) is 0 Å². The van der Waals surface area contributed by atoms with Crippen LogP contribution in [0.3, 0.4) is 0 Å². The maximum atomic E-state index is 11.0. The van der Waals surface area contributed by atoms with E-state index in [0.717, 1.165) is 39.0 Å². The van der Waals surface area contributed by atoms with Crippen molar-refractivity contribution in [3.8, 4) is 17.2 Å². The van der Waals surface area contributed by atoms with Crippen molar-refractivity contribution in [2.45, 2.75) is 38.9 Å². The molecular weight excluding hydrogens is 480 g/mol. The van der Waals surface area contributed by atoms with Crippen LogP contribution in [0.2, 0.25) is 0 Å². The average Bonchev–Trinajstić information content (AvgIpc) is 2.85. The Labute approximate surface area is 203 Å². The quantitative estimate of drug-likeness (QED) is 0.390. The molecule has 5 nitrogen and oxygen atoms in total. The van der Waals surface area contributed by atoms with Crippen LogP contribution in [0, 0.1) is 0 Å². The molecule has 0 aromatic heterocycles. The average molecular weight is 509 g/mol. The summed E-state index contributed by atoms with van der Waals surface area (Å²) < 4.78 is 12.2. The second-order valence-electron chi connectivity index (χ2n) is 7.97. The van der Waals surface area contributed by atoms with Gasteiger partial charge in [0.05, 0.1) is 13.7 Å². The zero-order chi connectivity index (χ0) is 23.4. The summed E-state index contributed by atoms with van der Waals surface area (Å²) in [5.74, 6) is 1.41. The molecule has 1 aliphatic rings. The van der Waals surface area contributed by atoms with Gasteiger partial charge in [0.1, 0.15) is 11.9 Å². The Bertz CT molecular complexity index is 1140. The normalized spacial score (nSPS) is 18.0. The van der Waals surface area contributed by atoms with Gasteiger partial charge in [-0.15, -0.1) is 0 Å². The minimum absolute atomic E-state index is 0.155. The topological polar surface area (TPSA) is 63.1 Å². The molecule has 3 aromatic carbocycles. The van der Waals surface area contributed by atoms with Crippen molar-refractivity contribution in [1.29, 1.82) is 0 Å². The summed E-state index contributed by atoms with van der Waals surface area (Å²) in [7, 11) is 1.67. The van der Waals surface area contributed by atoms with E-state index in [2.05, 4.69) is 52.4 Å². The summed E-state index contributed by atoms with van der Waals surface area (Å²) in [6, 6.07) is 20.0. The SMILES string of the molecule is CCOc1cccc([C@H]2CC(c3ccc(CC)cc3)=N[C@@H](c3cc(Br)ccc3OC)N2)c1O. The summed E-state index contributed by atoms with van der Waals surface area (Å²) in [5, 5.41) is 14.6. The predicted molar refractivity (Wildman–Crippen MR) is 136 cm³/mol. The number of ether oxygens (including phenoxy) is 2. The van der Waals surface area contributed by atoms with Crippen LogP contribution in [0.15, 0.2) is 70.1 Å². The number of aromatic hydroxyl groups is 1. The van der Waals surface area contributed by atoms with Crippen LogP contribution in [0.5, 0.6) is 17.2 Å². The van der Waals surface area contributed by atoms with Gasteiger partial charge in [-0.1, -0.05) is 59.3 Å². The number of aryl methyl sites for hydroxylation is 1. The molecule has 0 amide bonds. The number of methoxy groups -OCH3 is 1. The smallest absolute Gasteiger partial charge is 0.162 e. The van der Waals surface area contributed by atoms with E-state index >= 15 is 0 Å². The van der Waals surface area contributed by atoms with E-state index in [-0.39, 0.29) is 18.0 Å². The van der Waals surface area contributed by atoms with E-state index in [4.69, 9.17) is 14.5 Å². The first-order chi connectivity index (χ1) is 16.0. The summed E-state index contributed by atoms with van der Waals surface area (Å²) in [6.45, 7) is 4.55. The van der Waals surface area contributed by atoms with Crippen molar-refractivity contribution in [2.24, 2.45) is 4.99 Å². The van der Waals surface area contributed by atoms with E-state index in [1.165, 1.54) is 5.56 Å². The minimum atomic E-state index is -0.341. The maximum absolute atomic E-state index is 11.0. The zero-order valence-electron chi connectivity index (χ0n) is 19.1. The second kappa shape index (κ2) is 10.4. The number of hydrogen-bond acceptors (Lipinski definition) is 5. The van der Waals surface area contributed by atoms with Crippen LogP contribution in [0.25, 0.3) is 0 Å². The highest BCUT2D eigenvalue weighted by Crippen LogP contribution is 2.40. The Kier molecular flexibility index (Phi) is 7.36. The lowest BCUT2D eigenvalue weighted by atomic mass is 9.92. The molecule has 0 radical (unpaired) electrons. The van der Waals surface area contributed by atoms with Gasteiger partial charge < -0.3 is 14.6 Å². The lowest BCUT2D eigenvalue weighted by Gasteiger charge is -2.32. The first-order valence-electron chi connectivity index (χ1n) is 11.2. The Morgan fingerprint density at radius 3 is 2.52 bits per heavy atom. The molecule has 1 heterocycles. The Morgan fingerprint density at radius 2 is 1.82 bits per heavy atom. The van der Waals surface area contributed by atoms with Crippen LogP contribution in [-0.4, -0.2) is 24.5 Å². The molecule has 33 heavy (non-hydrogen) atoms. The third-order valence-corrected chi connectivity index (χ3v) is 6.42. The third kappa shape index (κ3) is 5.07. The number of para-hydroxylation sites is 1. The molecule has 0 aliphatic carbocycles. The predicted octanol–water partition coefficient (Wildman–Crippen LogP) is 6.35. The van der Waals surface area contributed by atoms with Crippen LogP contribution >= 0.6 is 15.9 Å². The van der Waals surface area contributed by atoms with Gasteiger partial charge in [-0.2, -0.15) is 0 Å². The first kappa shape index (κ1) is 23.3. The highest BCUT2D eigenvalue weighted by Gasteiger charge is 2.30. The van der Waals surface area contributed by atoms with E-state index in [1.807, 2.05) is 37.3 Å². The van der Waals surface area contributed by atoms with Crippen LogP contribution < -0.4 is 14.8 Å². The van der Waals surface area contributed by atoms with Crippen LogP contribution in [0.4, 0.5) is 0 Å². The van der Waals surface area contributed by atoms with Crippen LogP contribution in [0.1, 0.15) is 54.7 Å². The van der Waals surface area contributed by atoms with Crippen LogP contribution in [-0.2, 0) is 6.42 Å². The highest BCUT2D eigenvalue weighted by atomic mass is 79.9. The van der Waals surface area contributed by atoms with Crippen molar-refractivity contribution in [3.63, 3.8) is 0 Å². The fraction of sp³-hybridized carbons (Fsp3) is 0.296. The maximum Gasteiger partial charge on any atom is 0.162 e. The molecule has 0 saturated carbocycles. The molecule has 1 aliphatic heterocycles. The molecule has 0 saturated heterocycles. The van der Waals surface area contributed by atoms with Crippen molar-refractivity contribution >= 4 is 21.6 Å². The molecule has 4 rings (SSSR count). The first-order valence-corrected chi connectivity index (χ1v) is 12.0. The molecule has 172 valence electrons. The van der Waals surface area contributed by atoms with E-state index in [1.54, 1.807) is 13.2 Å². The van der Waals surface area contributed by atoms with E-state index in [9.17, 15) is 5.11 Å². The molecule has 3 aromatic rings. The van der Waals surface area contributed by atoms with E-state index < -0.39 is 0 Å². The van der Waals surface area contributed by atoms with Crippen molar-refractivity contribution in [1.82, 2.24) is 5.32 Å². The molecule has 0 bridgehead atoms. The number of nitrogens with zero attached hydrogens (tertiary/aromatic N) is 1. The highest BCUT2D eigenvalue weighted by molar-refractivity contribution is 9.10. The summed E-state index contributed by atoms with van der Waals surface area (Å²) in [6.07, 6.45) is 1.29. The molecule has 0 unspecified atom stereocenters. The number of phenolic OH excluding ortho intramolecular Hbond substituents is 1. The van der Waals surface area contributed by atoms with Crippen molar-refractivity contribution < 1.29 is 14.6 Å². The van der Waals surface area contributed by atoms with Crippen molar-refractivity contribution in [2.75, 3.05) is 13.7 Å². The Balaban J connectivity index is 1.79. The van der Waals surface area contributed by atoms with Gasteiger partial charge in [0.25, 0.3) is 0 Å². The Morgan fingerprint density at radius 1 is 1.03 bits per heavy atom. The summed E-state index contributed by atoms with van der Waals surface area (Å²) in [5.41, 5.74) is 5.07. The fourth-order valence-electron chi connectivity index (χ4n) is 4.18. The molecular formula is C27H29BrN2O3. The number of halogens is 1. The lowest BCUT2D eigenvalue weighted by molar-refractivity contribution is 0.313.